The fraction of sp³-hybridized carbons (Fsp3) is 0.474. The van der Waals surface area contributed by atoms with Crippen molar-refractivity contribution in [2.75, 3.05) is 33.2 Å². The molecule has 27 heavy (non-hydrogen) atoms. The summed E-state index contributed by atoms with van der Waals surface area (Å²) < 4.78 is 5.28. The minimum absolute atomic E-state index is 0.443. The molecule has 3 rings (SSSR count). The molecule has 1 aliphatic rings. The highest BCUT2D eigenvalue weighted by Crippen LogP contribution is 2.13. The largest absolute Gasteiger partial charge is 0.356 e. The van der Waals surface area contributed by atoms with Crippen LogP contribution in [0.2, 0.25) is 0 Å². The molecule has 1 aliphatic heterocycles. The number of hydrogen-bond acceptors (Lipinski definition) is 6. The molecule has 8 heteroatoms. The topological polar surface area (TPSA) is 91.5 Å². The highest BCUT2D eigenvalue weighted by molar-refractivity contribution is 5.79. The zero-order valence-corrected chi connectivity index (χ0v) is 15.8. The Hall–Kier alpha value is -2.74. The van der Waals surface area contributed by atoms with Gasteiger partial charge in [0, 0.05) is 51.9 Å². The van der Waals surface area contributed by atoms with Crippen molar-refractivity contribution in [2.45, 2.75) is 25.3 Å². The minimum Gasteiger partial charge on any atom is -0.356 e. The summed E-state index contributed by atoms with van der Waals surface area (Å²) in [6.45, 7) is 7.61. The number of aromatic nitrogens is 3. The van der Waals surface area contributed by atoms with Crippen molar-refractivity contribution in [1.82, 2.24) is 30.7 Å². The van der Waals surface area contributed by atoms with Gasteiger partial charge in [0.1, 0.15) is 5.69 Å². The van der Waals surface area contributed by atoms with E-state index in [9.17, 15) is 0 Å². The van der Waals surface area contributed by atoms with Crippen LogP contribution in [0.15, 0.2) is 46.6 Å². The molecule has 0 amide bonds. The Morgan fingerprint density at radius 3 is 2.96 bits per heavy atom. The molecule has 0 aromatic carbocycles. The SMILES string of the molecule is C=CCN1CCC(NC(=NC)NCCc2noc(-c3ccccn3)n2)CC1. The van der Waals surface area contributed by atoms with Crippen LogP contribution in [0.3, 0.4) is 0 Å². The first-order valence-electron chi connectivity index (χ1n) is 9.33. The molecule has 2 aromatic rings. The Bertz CT molecular complexity index is 736. The lowest BCUT2D eigenvalue weighted by atomic mass is 10.1. The molecular formula is C19H27N7O. The fourth-order valence-electron chi connectivity index (χ4n) is 3.07. The summed E-state index contributed by atoms with van der Waals surface area (Å²) in [4.78, 5) is 15.3. The first-order chi connectivity index (χ1) is 13.3. The summed E-state index contributed by atoms with van der Waals surface area (Å²) in [5, 5.41) is 10.8. The van der Waals surface area contributed by atoms with E-state index in [1.807, 2.05) is 24.3 Å². The first kappa shape index (κ1) is 19.0. The summed E-state index contributed by atoms with van der Waals surface area (Å²) in [6.07, 6.45) is 6.53. The number of nitrogens with zero attached hydrogens (tertiary/aromatic N) is 5. The Morgan fingerprint density at radius 2 is 2.26 bits per heavy atom. The molecule has 0 saturated carbocycles. The predicted octanol–water partition coefficient (Wildman–Crippen LogP) is 1.49. The summed E-state index contributed by atoms with van der Waals surface area (Å²) in [5.41, 5.74) is 0.685. The number of likely N-dealkylation sites (tertiary alicyclic amines) is 1. The van der Waals surface area contributed by atoms with Gasteiger partial charge in [-0.3, -0.25) is 14.9 Å². The second kappa shape index (κ2) is 9.82. The predicted molar refractivity (Wildman–Crippen MR) is 105 cm³/mol. The first-order valence-corrected chi connectivity index (χ1v) is 9.33. The zero-order valence-electron chi connectivity index (χ0n) is 15.8. The van der Waals surface area contributed by atoms with Crippen LogP contribution in [0.4, 0.5) is 0 Å². The Labute approximate surface area is 159 Å². The van der Waals surface area contributed by atoms with Crippen LogP contribution in [0.25, 0.3) is 11.6 Å². The average Bonchev–Trinajstić information content (AvgIpc) is 3.18. The van der Waals surface area contributed by atoms with E-state index in [2.05, 4.69) is 42.2 Å². The number of pyridine rings is 1. The zero-order chi connectivity index (χ0) is 18.9. The van der Waals surface area contributed by atoms with Crippen molar-refractivity contribution >= 4 is 5.96 Å². The van der Waals surface area contributed by atoms with E-state index in [1.54, 1.807) is 13.2 Å². The Kier molecular flexibility index (Phi) is 6.92. The molecule has 1 fully saturated rings. The van der Waals surface area contributed by atoms with Gasteiger partial charge in [0.05, 0.1) is 0 Å². The summed E-state index contributed by atoms with van der Waals surface area (Å²) in [6, 6.07) is 6.04. The molecule has 0 unspecified atom stereocenters. The maximum absolute atomic E-state index is 5.28. The van der Waals surface area contributed by atoms with Gasteiger partial charge in [-0.2, -0.15) is 4.98 Å². The van der Waals surface area contributed by atoms with Crippen LogP contribution in [-0.2, 0) is 6.42 Å². The molecule has 0 spiro atoms. The molecule has 1 saturated heterocycles. The van der Waals surface area contributed by atoms with E-state index in [0.717, 1.165) is 38.4 Å². The molecule has 2 N–H and O–H groups in total. The quantitative estimate of drug-likeness (QED) is 0.434. The molecule has 144 valence electrons. The van der Waals surface area contributed by atoms with Gasteiger partial charge in [-0.25, -0.2) is 0 Å². The number of aliphatic imine (C=N–C) groups is 1. The van der Waals surface area contributed by atoms with Crippen LogP contribution in [0, 0.1) is 0 Å². The number of hydrogen-bond donors (Lipinski definition) is 2. The monoisotopic (exact) mass is 369 g/mol. The summed E-state index contributed by atoms with van der Waals surface area (Å²) in [5.74, 6) is 1.90. The second-order valence-corrected chi connectivity index (χ2v) is 6.49. The van der Waals surface area contributed by atoms with Gasteiger partial charge in [0.15, 0.2) is 11.8 Å². The molecule has 0 aliphatic carbocycles. The molecule has 0 atom stereocenters. The van der Waals surface area contributed by atoms with E-state index >= 15 is 0 Å². The van der Waals surface area contributed by atoms with Gasteiger partial charge in [0.2, 0.25) is 0 Å². The van der Waals surface area contributed by atoms with Crippen LogP contribution >= 0.6 is 0 Å². The lowest BCUT2D eigenvalue weighted by Gasteiger charge is -2.32. The third-order valence-corrected chi connectivity index (χ3v) is 4.53. The molecule has 0 bridgehead atoms. The number of guanidine groups is 1. The van der Waals surface area contributed by atoms with E-state index in [4.69, 9.17) is 4.52 Å². The van der Waals surface area contributed by atoms with Gasteiger partial charge in [-0.05, 0) is 25.0 Å². The number of piperidine rings is 1. The van der Waals surface area contributed by atoms with E-state index in [0.29, 0.717) is 36.4 Å². The van der Waals surface area contributed by atoms with E-state index in [-0.39, 0.29) is 0 Å². The number of nitrogens with one attached hydrogen (secondary N) is 2. The number of rotatable bonds is 7. The standard InChI is InChI=1S/C19H27N7O/c1-3-12-26-13-8-15(9-14-26)23-19(20-2)22-11-7-17-24-18(27-25-17)16-6-4-5-10-21-16/h3-6,10,15H,1,7-9,11-14H2,2H3,(H2,20,22,23). The van der Waals surface area contributed by atoms with Crippen LogP contribution in [0.5, 0.6) is 0 Å². The van der Waals surface area contributed by atoms with Gasteiger partial charge < -0.3 is 15.2 Å². The smallest absolute Gasteiger partial charge is 0.276 e. The molecule has 0 radical (unpaired) electrons. The Balaban J connectivity index is 1.41. The molecule has 3 heterocycles. The second-order valence-electron chi connectivity index (χ2n) is 6.49. The molecule has 8 nitrogen and oxygen atoms in total. The summed E-state index contributed by atoms with van der Waals surface area (Å²) in [7, 11) is 1.79. The summed E-state index contributed by atoms with van der Waals surface area (Å²) >= 11 is 0. The van der Waals surface area contributed by atoms with Crippen molar-refractivity contribution in [1.29, 1.82) is 0 Å². The van der Waals surface area contributed by atoms with Gasteiger partial charge in [0.25, 0.3) is 5.89 Å². The van der Waals surface area contributed by atoms with Crippen LogP contribution in [-0.4, -0.2) is 65.3 Å². The third-order valence-electron chi connectivity index (χ3n) is 4.53. The van der Waals surface area contributed by atoms with E-state index < -0.39 is 0 Å². The van der Waals surface area contributed by atoms with Crippen molar-refractivity contribution in [3.05, 3.63) is 42.9 Å². The van der Waals surface area contributed by atoms with Crippen molar-refractivity contribution < 1.29 is 4.52 Å². The molecular weight excluding hydrogens is 342 g/mol. The average molecular weight is 369 g/mol. The van der Waals surface area contributed by atoms with Crippen molar-refractivity contribution in [3.8, 4) is 11.6 Å². The lowest BCUT2D eigenvalue weighted by molar-refractivity contribution is 0.225. The lowest BCUT2D eigenvalue weighted by Crippen LogP contribution is -2.49. The van der Waals surface area contributed by atoms with Crippen molar-refractivity contribution in [2.24, 2.45) is 4.99 Å². The maximum Gasteiger partial charge on any atom is 0.276 e. The fourth-order valence-corrected chi connectivity index (χ4v) is 3.07. The molecule has 2 aromatic heterocycles. The van der Waals surface area contributed by atoms with Gasteiger partial charge >= 0.3 is 0 Å². The third kappa shape index (κ3) is 5.62. The van der Waals surface area contributed by atoms with Gasteiger partial charge in [-0.1, -0.05) is 17.3 Å². The Morgan fingerprint density at radius 1 is 1.41 bits per heavy atom. The normalized spacial score (nSPS) is 16.3. The van der Waals surface area contributed by atoms with Crippen LogP contribution < -0.4 is 10.6 Å². The maximum atomic E-state index is 5.28. The highest BCUT2D eigenvalue weighted by Gasteiger charge is 2.19. The van der Waals surface area contributed by atoms with E-state index in [1.165, 1.54) is 0 Å². The van der Waals surface area contributed by atoms with Crippen molar-refractivity contribution in [3.63, 3.8) is 0 Å². The van der Waals surface area contributed by atoms with Crippen LogP contribution in [0.1, 0.15) is 18.7 Å². The van der Waals surface area contributed by atoms with Gasteiger partial charge in [-0.15, -0.1) is 6.58 Å². The highest BCUT2D eigenvalue weighted by atomic mass is 16.5. The minimum atomic E-state index is 0.443.